The van der Waals surface area contributed by atoms with E-state index in [1.165, 1.54) is 6.07 Å². The van der Waals surface area contributed by atoms with Crippen LogP contribution in [0.25, 0.3) is 22.2 Å². The molecule has 0 unspecified atom stereocenters. The maximum atomic E-state index is 11.4. The Bertz CT molecular complexity index is 720. The molecule has 1 aromatic heterocycles. The van der Waals surface area contributed by atoms with Crippen molar-refractivity contribution in [1.82, 2.24) is 5.16 Å². The third-order valence-corrected chi connectivity index (χ3v) is 3.27. The minimum atomic E-state index is -0.275. The second-order valence-electron chi connectivity index (χ2n) is 3.79. The molecule has 3 rings (SSSR count). The van der Waals surface area contributed by atoms with Crippen LogP contribution in [0, 0.1) is 0 Å². The molecule has 0 fully saturated rings. The van der Waals surface area contributed by atoms with Gasteiger partial charge in [0.2, 0.25) is 5.75 Å². The van der Waals surface area contributed by atoms with Crippen LogP contribution in [0.4, 0.5) is 0 Å². The summed E-state index contributed by atoms with van der Waals surface area (Å²) in [5.74, 6) is -0.275. The monoisotopic (exact) mass is 278 g/mol. The van der Waals surface area contributed by atoms with Gasteiger partial charge in [-0.1, -0.05) is 40.5 Å². The summed E-state index contributed by atoms with van der Waals surface area (Å²) in [6.07, 6.45) is 0. The van der Waals surface area contributed by atoms with E-state index in [4.69, 9.17) is 27.7 Å². The van der Waals surface area contributed by atoms with Crippen molar-refractivity contribution in [2.45, 2.75) is 0 Å². The second-order valence-corrected chi connectivity index (χ2v) is 4.61. The number of aromatic nitrogens is 1. The molecule has 0 aliphatic carbocycles. The molecule has 0 amide bonds. The minimum absolute atomic E-state index is 0.0558. The van der Waals surface area contributed by atoms with Crippen LogP contribution >= 0.6 is 23.2 Å². The summed E-state index contributed by atoms with van der Waals surface area (Å²) in [5.41, 5.74) is 1.81. The Hall–Kier alpha value is -1.71. The van der Waals surface area contributed by atoms with E-state index >= 15 is 0 Å². The number of benzene rings is 2. The van der Waals surface area contributed by atoms with Gasteiger partial charge in [-0.2, -0.15) is 0 Å². The predicted molar refractivity (Wildman–Crippen MR) is 69.6 cm³/mol. The van der Waals surface area contributed by atoms with E-state index in [0.29, 0.717) is 21.7 Å². The lowest BCUT2D eigenvalue weighted by atomic mass is 10.1. The summed E-state index contributed by atoms with van der Waals surface area (Å²) >= 11 is 11.7. The number of halogens is 2. The molecule has 3 aromatic rings. The van der Waals surface area contributed by atoms with Crippen LogP contribution in [0.15, 0.2) is 40.9 Å². The Morgan fingerprint density at radius 1 is 1.00 bits per heavy atom. The van der Waals surface area contributed by atoms with Crippen molar-refractivity contribution in [3.05, 3.63) is 46.4 Å². The first-order valence-corrected chi connectivity index (χ1v) is 5.93. The summed E-state index contributed by atoms with van der Waals surface area (Å²) < 4.78 is 5.13. The quantitative estimate of drug-likeness (QED) is 0.633. The van der Waals surface area contributed by atoms with Crippen molar-refractivity contribution in [1.29, 1.82) is 0 Å². The lowest BCUT2D eigenvalue weighted by molar-refractivity contribution is 0.354. The van der Waals surface area contributed by atoms with Crippen molar-refractivity contribution in [3.8, 4) is 17.0 Å². The molecular formula is C13H6Cl2NO2. The third-order valence-electron chi connectivity index (χ3n) is 2.66. The summed E-state index contributed by atoms with van der Waals surface area (Å²) in [5, 5.41) is 16.8. The molecule has 1 radical (unpaired) electrons. The van der Waals surface area contributed by atoms with Crippen molar-refractivity contribution >= 4 is 34.2 Å². The van der Waals surface area contributed by atoms with Crippen molar-refractivity contribution < 1.29 is 9.63 Å². The van der Waals surface area contributed by atoms with Crippen molar-refractivity contribution in [2.24, 2.45) is 0 Å². The normalized spacial score (nSPS) is 11.0. The fourth-order valence-electron chi connectivity index (χ4n) is 1.77. The van der Waals surface area contributed by atoms with Gasteiger partial charge in [-0.15, -0.1) is 0 Å². The molecule has 0 saturated carbocycles. The smallest absolute Gasteiger partial charge is 0.201 e. The lowest BCUT2D eigenvalue weighted by Gasteiger charge is -1.97. The van der Waals surface area contributed by atoms with Gasteiger partial charge in [-0.05, 0) is 24.3 Å². The summed E-state index contributed by atoms with van der Waals surface area (Å²) in [7, 11) is 0. The van der Waals surface area contributed by atoms with E-state index in [1.54, 1.807) is 18.2 Å². The number of nitrogens with zero attached hydrogens (tertiary/aromatic N) is 1. The highest BCUT2D eigenvalue weighted by Crippen LogP contribution is 2.37. The second kappa shape index (κ2) is 4.19. The largest absolute Gasteiger partial charge is 0.354 e. The highest BCUT2D eigenvalue weighted by Gasteiger charge is 2.16. The molecule has 0 saturated heterocycles. The number of hydrogen-bond donors (Lipinski definition) is 0. The van der Waals surface area contributed by atoms with Gasteiger partial charge in [0.05, 0.1) is 5.39 Å². The van der Waals surface area contributed by atoms with Crippen LogP contribution in [0.2, 0.25) is 10.0 Å². The van der Waals surface area contributed by atoms with Crippen LogP contribution < -0.4 is 0 Å². The highest BCUT2D eigenvalue weighted by molar-refractivity contribution is 6.36. The van der Waals surface area contributed by atoms with E-state index in [2.05, 4.69) is 5.16 Å². The maximum Gasteiger partial charge on any atom is 0.201 e. The molecule has 18 heavy (non-hydrogen) atoms. The Kier molecular flexibility index (Phi) is 2.65. The molecule has 0 aliphatic heterocycles. The van der Waals surface area contributed by atoms with Crippen LogP contribution in [-0.2, 0) is 5.11 Å². The van der Waals surface area contributed by atoms with Gasteiger partial charge in [-0.3, -0.25) is 5.11 Å². The van der Waals surface area contributed by atoms with E-state index in [1.807, 2.05) is 12.1 Å². The maximum absolute atomic E-state index is 11.4. The summed E-state index contributed by atoms with van der Waals surface area (Å²) in [4.78, 5) is 0. The number of fused-ring (bicyclic) bond motifs is 1. The van der Waals surface area contributed by atoms with Crippen LogP contribution in [0.1, 0.15) is 0 Å². The lowest BCUT2D eigenvalue weighted by Crippen LogP contribution is -1.77. The highest BCUT2D eigenvalue weighted by atomic mass is 35.5. The molecule has 0 atom stereocenters. The molecule has 1 heterocycles. The fraction of sp³-hybridized carbons (Fsp3) is 0. The van der Waals surface area contributed by atoms with Crippen LogP contribution in [-0.4, -0.2) is 5.16 Å². The average molecular weight is 279 g/mol. The minimum Gasteiger partial charge on any atom is -0.354 e. The summed E-state index contributed by atoms with van der Waals surface area (Å²) in [6.45, 7) is 0. The van der Waals surface area contributed by atoms with Crippen molar-refractivity contribution in [2.75, 3.05) is 0 Å². The predicted octanol–water partition coefficient (Wildman–Crippen LogP) is 4.95. The van der Waals surface area contributed by atoms with E-state index in [0.717, 1.165) is 5.56 Å². The van der Waals surface area contributed by atoms with Gasteiger partial charge in [0, 0.05) is 10.6 Å². The first kappa shape index (κ1) is 11.4. The standard InChI is InChI=1S/C13H6Cl2NO2/c14-8-3-1-7(2-4-8)12-9-5-6-10(17)11(15)13(9)18-16-12/h1-6H. The number of rotatable bonds is 1. The third kappa shape index (κ3) is 1.72. The molecule has 89 valence electrons. The van der Waals surface area contributed by atoms with Gasteiger partial charge in [0.25, 0.3) is 0 Å². The van der Waals surface area contributed by atoms with E-state index < -0.39 is 0 Å². The Morgan fingerprint density at radius 2 is 1.72 bits per heavy atom. The summed E-state index contributed by atoms with van der Waals surface area (Å²) in [6, 6.07) is 10.3. The van der Waals surface area contributed by atoms with Crippen LogP contribution in [0.5, 0.6) is 5.75 Å². The zero-order valence-electron chi connectivity index (χ0n) is 8.98. The van der Waals surface area contributed by atoms with Crippen molar-refractivity contribution in [3.63, 3.8) is 0 Å². The Balaban J connectivity index is 2.25. The van der Waals surface area contributed by atoms with Crippen LogP contribution in [0.3, 0.4) is 0 Å². The average Bonchev–Trinajstić information content (AvgIpc) is 2.79. The molecule has 5 heteroatoms. The van der Waals surface area contributed by atoms with Gasteiger partial charge < -0.3 is 4.52 Å². The topological polar surface area (TPSA) is 45.9 Å². The van der Waals surface area contributed by atoms with E-state index in [-0.39, 0.29) is 10.8 Å². The van der Waals surface area contributed by atoms with Gasteiger partial charge in [0.1, 0.15) is 10.7 Å². The molecule has 0 spiro atoms. The zero-order valence-corrected chi connectivity index (χ0v) is 10.5. The van der Waals surface area contributed by atoms with E-state index in [9.17, 15) is 5.11 Å². The molecule has 0 N–H and O–H groups in total. The Morgan fingerprint density at radius 3 is 2.44 bits per heavy atom. The molecule has 0 bridgehead atoms. The van der Waals surface area contributed by atoms with Gasteiger partial charge in [0.15, 0.2) is 5.58 Å². The molecular weight excluding hydrogens is 273 g/mol. The zero-order chi connectivity index (χ0) is 12.7. The SMILES string of the molecule is [O]c1ccc2c(-c3ccc(Cl)cc3)noc2c1Cl. The fourth-order valence-corrected chi connectivity index (χ4v) is 2.10. The van der Waals surface area contributed by atoms with Gasteiger partial charge in [-0.25, -0.2) is 0 Å². The Labute approximate surface area is 113 Å². The molecule has 3 nitrogen and oxygen atoms in total. The first-order chi connectivity index (χ1) is 8.66. The first-order valence-electron chi connectivity index (χ1n) is 5.17. The molecule has 0 aliphatic rings. The van der Waals surface area contributed by atoms with Gasteiger partial charge >= 0.3 is 0 Å². The molecule has 2 aromatic carbocycles. The number of hydrogen-bond acceptors (Lipinski definition) is 2.